The average molecular weight is 407 g/mol. The number of carbonyl (C=O) groups is 1. The summed E-state index contributed by atoms with van der Waals surface area (Å²) in [7, 11) is 6.09. The molecule has 29 heavy (non-hydrogen) atoms. The van der Waals surface area contributed by atoms with Crippen molar-refractivity contribution >= 4 is 12.0 Å². The summed E-state index contributed by atoms with van der Waals surface area (Å²) in [5, 5.41) is 0. The zero-order valence-electron chi connectivity index (χ0n) is 16.6. The van der Waals surface area contributed by atoms with Gasteiger partial charge < -0.3 is 23.8 Å². The maximum Gasteiger partial charge on any atom is 0.387 e. The lowest BCUT2D eigenvalue weighted by Gasteiger charge is -2.18. The van der Waals surface area contributed by atoms with E-state index in [2.05, 4.69) is 4.74 Å². The summed E-state index contributed by atoms with van der Waals surface area (Å²) in [6.45, 7) is -2.64. The first-order valence-corrected chi connectivity index (χ1v) is 8.65. The number of hydrogen-bond donors (Lipinski definition) is 0. The van der Waals surface area contributed by atoms with Gasteiger partial charge in [0.05, 0.1) is 21.3 Å². The SMILES string of the molecule is COc1cc(C=CC(=O)N(C)Cc2cccc(OC)c2OC)ccc1OC(F)F. The Morgan fingerprint density at radius 2 is 1.76 bits per heavy atom. The second-order valence-corrected chi connectivity index (χ2v) is 5.97. The number of amides is 1. The molecular weight excluding hydrogens is 384 g/mol. The van der Waals surface area contributed by atoms with Crippen LogP contribution in [-0.2, 0) is 11.3 Å². The molecule has 0 N–H and O–H groups in total. The fraction of sp³-hybridized carbons (Fsp3) is 0.286. The highest BCUT2D eigenvalue weighted by molar-refractivity contribution is 5.91. The summed E-state index contributed by atoms with van der Waals surface area (Å²) in [6.07, 6.45) is 2.95. The van der Waals surface area contributed by atoms with Crippen LogP contribution in [-0.4, -0.2) is 45.8 Å². The zero-order chi connectivity index (χ0) is 21.4. The normalized spacial score (nSPS) is 10.9. The van der Waals surface area contributed by atoms with Crippen molar-refractivity contribution in [1.29, 1.82) is 0 Å². The number of hydrogen-bond acceptors (Lipinski definition) is 5. The average Bonchev–Trinajstić information content (AvgIpc) is 2.71. The van der Waals surface area contributed by atoms with Crippen LogP contribution >= 0.6 is 0 Å². The lowest BCUT2D eigenvalue weighted by Crippen LogP contribution is -2.24. The van der Waals surface area contributed by atoms with Gasteiger partial charge in [-0.2, -0.15) is 8.78 Å². The molecule has 0 aliphatic carbocycles. The highest BCUT2D eigenvalue weighted by Gasteiger charge is 2.14. The number of methoxy groups -OCH3 is 3. The van der Waals surface area contributed by atoms with Gasteiger partial charge in [-0.15, -0.1) is 0 Å². The molecule has 0 fully saturated rings. The van der Waals surface area contributed by atoms with Crippen molar-refractivity contribution in [1.82, 2.24) is 4.90 Å². The van der Waals surface area contributed by atoms with E-state index in [-0.39, 0.29) is 17.4 Å². The molecule has 156 valence electrons. The number of ether oxygens (including phenoxy) is 4. The highest BCUT2D eigenvalue weighted by Crippen LogP contribution is 2.32. The second-order valence-electron chi connectivity index (χ2n) is 5.97. The summed E-state index contributed by atoms with van der Waals surface area (Å²) in [6, 6.07) is 9.86. The van der Waals surface area contributed by atoms with Crippen LogP contribution in [0.4, 0.5) is 8.78 Å². The number of alkyl halides is 2. The minimum atomic E-state index is -2.95. The van der Waals surface area contributed by atoms with Gasteiger partial charge in [0.1, 0.15) is 0 Å². The molecule has 0 aliphatic heterocycles. The molecule has 1 amide bonds. The minimum Gasteiger partial charge on any atom is -0.493 e. The van der Waals surface area contributed by atoms with Gasteiger partial charge in [-0.3, -0.25) is 4.79 Å². The Morgan fingerprint density at radius 1 is 1.03 bits per heavy atom. The van der Waals surface area contributed by atoms with E-state index in [0.29, 0.717) is 23.6 Å². The fourth-order valence-corrected chi connectivity index (χ4v) is 2.69. The molecule has 6 nitrogen and oxygen atoms in total. The van der Waals surface area contributed by atoms with Crippen LogP contribution in [0.5, 0.6) is 23.0 Å². The number of rotatable bonds is 9. The summed E-state index contributed by atoms with van der Waals surface area (Å²) < 4.78 is 44.9. The van der Waals surface area contributed by atoms with Gasteiger partial charge in [0, 0.05) is 25.2 Å². The van der Waals surface area contributed by atoms with Crippen molar-refractivity contribution in [2.75, 3.05) is 28.4 Å². The maximum atomic E-state index is 12.5. The van der Waals surface area contributed by atoms with E-state index in [1.54, 1.807) is 32.4 Å². The number of benzene rings is 2. The lowest BCUT2D eigenvalue weighted by molar-refractivity contribution is -0.125. The standard InChI is InChI=1S/C21H23F2NO5/c1-24(13-15-6-5-7-17(26-2)20(15)28-4)19(25)11-9-14-8-10-16(29-21(22)23)18(12-14)27-3/h5-12,21H,13H2,1-4H3. The Morgan fingerprint density at radius 3 is 2.38 bits per heavy atom. The van der Waals surface area contributed by atoms with Crippen LogP contribution in [0, 0.1) is 0 Å². The smallest absolute Gasteiger partial charge is 0.387 e. The molecule has 2 aromatic carbocycles. The van der Waals surface area contributed by atoms with E-state index < -0.39 is 6.61 Å². The van der Waals surface area contributed by atoms with Crippen LogP contribution in [0.3, 0.4) is 0 Å². The Balaban J connectivity index is 2.11. The van der Waals surface area contributed by atoms with E-state index in [4.69, 9.17) is 14.2 Å². The Hall–Kier alpha value is -3.29. The Labute approximate surface area is 168 Å². The molecule has 2 rings (SSSR count). The third kappa shape index (κ3) is 5.84. The maximum absolute atomic E-state index is 12.5. The Kier molecular flexibility index (Phi) is 7.82. The van der Waals surface area contributed by atoms with Gasteiger partial charge in [-0.25, -0.2) is 0 Å². The van der Waals surface area contributed by atoms with Gasteiger partial charge in [0.2, 0.25) is 5.91 Å². The van der Waals surface area contributed by atoms with Crippen molar-refractivity contribution in [3.63, 3.8) is 0 Å². The minimum absolute atomic E-state index is 0.0757. The molecule has 0 spiro atoms. The highest BCUT2D eigenvalue weighted by atomic mass is 19.3. The van der Waals surface area contributed by atoms with Crippen LogP contribution in [0.25, 0.3) is 6.08 Å². The monoisotopic (exact) mass is 407 g/mol. The zero-order valence-corrected chi connectivity index (χ0v) is 16.6. The van der Waals surface area contributed by atoms with E-state index in [1.807, 2.05) is 12.1 Å². The van der Waals surface area contributed by atoms with Crippen molar-refractivity contribution < 1.29 is 32.5 Å². The van der Waals surface area contributed by atoms with E-state index in [9.17, 15) is 13.6 Å². The van der Waals surface area contributed by atoms with E-state index in [0.717, 1.165) is 5.56 Å². The molecule has 0 saturated carbocycles. The molecule has 8 heteroatoms. The van der Waals surface area contributed by atoms with Crippen LogP contribution < -0.4 is 18.9 Å². The van der Waals surface area contributed by atoms with Crippen LogP contribution in [0.15, 0.2) is 42.5 Å². The predicted octanol–water partition coefficient (Wildman–Crippen LogP) is 3.99. The van der Waals surface area contributed by atoms with Gasteiger partial charge in [-0.1, -0.05) is 18.2 Å². The third-order valence-electron chi connectivity index (χ3n) is 4.09. The molecule has 0 bridgehead atoms. The second kappa shape index (κ2) is 10.3. The molecule has 0 unspecified atom stereocenters. The van der Waals surface area contributed by atoms with Crippen molar-refractivity contribution in [3.05, 3.63) is 53.6 Å². The molecule has 0 saturated heterocycles. The van der Waals surface area contributed by atoms with Gasteiger partial charge in [0.25, 0.3) is 0 Å². The van der Waals surface area contributed by atoms with Crippen LogP contribution in [0.2, 0.25) is 0 Å². The van der Waals surface area contributed by atoms with Gasteiger partial charge in [0.15, 0.2) is 23.0 Å². The van der Waals surface area contributed by atoms with Crippen molar-refractivity contribution in [2.45, 2.75) is 13.2 Å². The summed E-state index contributed by atoms with van der Waals surface area (Å²) in [4.78, 5) is 14.0. The molecular formula is C21H23F2NO5. The van der Waals surface area contributed by atoms with E-state index in [1.165, 1.54) is 37.3 Å². The lowest BCUT2D eigenvalue weighted by atomic mass is 10.1. The number of para-hydroxylation sites is 1. The third-order valence-corrected chi connectivity index (χ3v) is 4.09. The summed E-state index contributed by atoms with van der Waals surface area (Å²) in [5.74, 6) is 0.974. The topological polar surface area (TPSA) is 57.2 Å². The predicted molar refractivity (Wildman–Crippen MR) is 105 cm³/mol. The molecule has 0 atom stereocenters. The molecule has 2 aromatic rings. The van der Waals surface area contributed by atoms with Crippen molar-refractivity contribution in [2.24, 2.45) is 0 Å². The number of nitrogens with zero attached hydrogens (tertiary/aromatic N) is 1. The van der Waals surface area contributed by atoms with Crippen LogP contribution in [0.1, 0.15) is 11.1 Å². The summed E-state index contributed by atoms with van der Waals surface area (Å²) in [5.41, 5.74) is 1.40. The fourth-order valence-electron chi connectivity index (χ4n) is 2.69. The number of carbonyl (C=O) groups excluding carboxylic acids is 1. The molecule has 0 radical (unpaired) electrons. The van der Waals surface area contributed by atoms with E-state index >= 15 is 0 Å². The first-order chi connectivity index (χ1) is 13.9. The van der Waals surface area contributed by atoms with Crippen molar-refractivity contribution in [3.8, 4) is 23.0 Å². The molecule has 0 aliphatic rings. The first-order valence-electron chi connectivity index (χ1n) is 8.65. The largest absolute Gasteiger partial charge is 0.493 e. The number of likely N-dealkylation sites (N-methyl/N-ethyl adjacent to an activating group) is 1. The quantitative estimate of drug-likeness (QED) is 0.589. The van der Waals surface area contributed by atoms with Gasteiger partial charge in [-0.05, 0) is 29.8 Å². The molecule has 0 heterocycles. The Bertz CT molecular complexity index is 870. The first kappa shape index (κ1) is 22.0. The van der Waals surface area contributed by atoms with Gasteiger partial charge >= 0.3 is 6.61 Å². The molecule has 0 aromatic heterocycles. The summed E-state index contributed by atoms with van der Waals surface area (Å²) >= 11 is 0. The number of halogens is 2.